The summed E-state index contributed by atoms with van der Waals surface area (Å²) in [5.41, 5.74) is 0.579. The molecule has 19 heavy (non-hydrogen) atoms. The molecule has 1 aliphatic heterocycles. The second kappa shape index (κ2) is 6.33. The number of anilines is 1. The summed E-state index contributed by atoms with van der Waals surface area (Å²) < 4.78 is 11.0. The summed E-state index contributed by atoms with van der Waals surface area (Å²) in [6.45, 7) is 3.06. The molecule has 2 rings (SSSR count). The van der Waals surface area contributed by atoms with Crippen LogP contribution in [0.4, 0.5) is 5.69 Å². The minimum Gasteiger partial charge on any atom is -0.469 e. The van der Waals surface area contributed by atoms with E-state index in [9.17, 15) is 9.59 Å². The van der Waals surface area contributed by atoms with Gasteiger partial charge in [-0.15, -0.1) is 0 Å². The second-order valence-corrected chi connectivity index (χ2v) is 4.20. The zero-order valence-electron chi connectivity index (χ0n) is 10.9. The molecule has 0 bridgehead atoms. The molecule has 0 N–H and O–H groups in total. The predicted molar refractivity (Wildman–Crippen MR) is 68.2 cm³/mol. The monoisotopic (exact) mass is 267 g/mol. The van der Waals surface area contributed by atoms with Crippen LogP contribution in [0.1, 0.15) is 6.42 Å². The number of carbonyl (C=O) groups is 1. The van der Waals surface area contributed by atoms with Gasteiger partial charge < -0.3 is 14.4 Å². The molecule has 1 aromatic rings. The number of hydrogen-bond donors (Lipinski definition) is 0. The molecule has 0 saturated carbocycles. The third kappa shape index (κ3) is 3.54. The average Bonchev–Trinajstić information content (AvgIpc) is 2.46. The van der Waals surface area contributed by atoms with Gasteiger partial charge in [-0.25, -0.2) is 4.68 Å². The van der Waals surface area contributed by atoms with Crippen LogP contribution in [0.2, 0.25) is 0 Å². The predicted octanol–water partition coefficient (Wildman–Crippen LogP) is -0.357. The summed E-state index contributed by atoms with van der Waals surface area (Å²) in [5.74, 6) is -0.356. The molecule has 1 aliphatic rings. The maximum absolute atomic E-state index is 11.9. The molecule has 0 aliphatic carbocycles. The van der Waals surface area contributed by atoms with Gasteiger partial charge >= 0.3 is 5.97 Å². The highest BCUT2D eigenvalue weighted by molar-refractivity contribution is 5.68. The molecule has 0 aromatic carbocycles. The fourth-order valence-electron chi connectivity index (χ4n) is 1.89. The van der Waals surface area contributed by atoms with Gasteiger partial charge in [0, 0.05) is 19.2 Å². The number of carbonyl (C=O) groups excluding carboxylic acids is 1. The van der Waals surface area contributed by atoms with Crippen molar-refractivity contribution in [2.75, 3.05) is 38.3 Å². The minimum absolute atomic E-state index is 0.139. The van der Waals surface area contributed by atoms with Crippen molar-refractivity contribution in [3.05, 3.63) is 22.6 Å². The summed E-state index contributed by atoms with van der Waals surface area (Å²) in [5, 5.41) is 4.07. The van der Waals surface area contributed by atoms with Gasteiger partial charge in [0.05, 0.1) is 45.2 Å². The van der Waals surface area contributed by atoms with Crippen LogP contribution in [-0.4, -0.2) is 49.2 Å². The molecule has 2 heterocycles. The van der Waals surface area contributed by atoms with Crippen molar-refractivity contribution in [2.45, 2.75) is 13.0 Å². The van der Waals surface area contributed by atoms with Crippen LogP contribution in [0.5, 0.6) is 0 Å². The second-order valence-electron chi connectivity index (χ2n) is 4.20. The lowest BCUT2D eigenvalue weighted by Crippen LogP contribution is -2.37. The van der Waals surface area contributed by atoms with E-state index < -0.39 is 0 Å². The lowest BCUT2D eigenvalue weighted by Gasteiger charge is -2.28. The van der Waals surface area contributed by atoms with Gasteiger partial charge in [-0.1, -0.05) is 0 Å². The summed E-state index contributed by atoms with van der Waals surface area (Å²) in [6, 6.07) is 1.54. The Kier molecular flexibility index (Phi) is 4.51. The number of ether oxygens (including phenoxy) is 2. The third-order valence-electron chi connectivity index (χ3n) is 2.99. The first-order valence-electron chi connectivity index (χ1n) is 6.17. The first-order chi connectivity index (χ1) is 9.20. The molecule has 0 radical (unpaired) electrons. The summed E-state index contributed by atoms with van der Waals surface area (Å²) in [7, 11) is 1.32. The van der Waals surface area contributed by atoms with Gasteiger partial charge in [0.25, 0.3) is 5.56 Å². The fourth-order valence-corrected chi connectivity index (χ4v) is 1.89. The Labute approximate surface area is 110 Å². The van der Waals surface area contributed by atoms with Crippen molar-refractivity contribution in [3.8, 4) is 0 Å². The van der Waals surface area contributed by atoms with Gasteiger partial charge in [-0.05, 0) is 0 Å². The van der Waals surface area contributed by atoms with Crippen molar-refractivity contribution >= 4 is 11.7 Å². The average molecular weight is 267 g/mol. The highest BCUT2D eigenvalue weighted by Crippen LogP contribution is 2.11. The number of hydrogen-bond acceptors (Lipinski definition) is 6. The van der Waals surface area contributed by atoms with Crippen molar-refractivity contribution in [1.82, 2.24) is 9.78 Å². The molecule has 0 spiro atoms. The molecule has 1 saturated heterocycles. The van der Waals surface area contributed by atoms with E-state index in [-0.39, 0.29) is 24.5 Å². The van der Waals surface area contributed by atoms with E-state index in [1.807, 2.05) is 0 Å². The molecule has 0 atom stereocenters. The van der Waals surface area contributed by atoms with Crippen LogP contribution in [-0.2, 0) is 20.8 Å². The molecule has 104 valence electrons. The van der Waals surface area contributed by atoms with Crippen molar-refractivity contribution in [2.24, 2.45) is 0 Å². The summed E-state index contributed by atoms with van der Waals surface area (Å²) in [6.07, 6.45) is 1.78. The van der Waals surface area contributed by atoms with Crippen molar-refractivity contribution in [1.29, 1.82) is 0 Å². The van der Waals surface area contributed by atoms with Crippen molar-refractivity contribution in [3.63, 3.8) is 0 Å². The standard InChI is InChI=1S/C12H17N3O4/c1-18-12(17)2-3-15-11(16)8-10(9-13-15)14-4-6-19-7-5-14/h8-9H,2-7H2,1H3. The number of esters is 1. The maximum Gasteiger partial charge on any atom is 0.307 e. The van der Waals surface area contributed by atoms with Crippen LogP contribution >= 0.6 is 0 Å². The van der Waals surface area contributed by atoms with Crippen LogP contribution in [0.25, 0.3) is 0 Å². The lowest BCUT2D eigenvalue weighted by atomic mass is 10.3. The number of rotatable bonds is 4. The van der Waals surface area contributed by atoms with Crippen molar-refractivity contribution < 1.29 is 14.3 Å². The Morgan fingerprint density at radius 1 is 1.47 bits per heavy atom. The van der Waals surface area contributed by atoms with Crippen LogP contribution in [0.15, 0.2) is 17.1 Å². The molecule has 0 unspecified atom stereocenters. The summed E-state index contributed by atoms with van der Waals surface area (Å²) >= 11 is 0. The molecular weight excluding hydrogens is 250 g/mol. The maximum atomic E-state index is 11.9. The van der Waals surface area contributed by atoms with Crippen LogP contribution in [0, 0.1) is 0 Å². The molecule has 1 aromatic heterocycles. The van der Waals surface area contributed by atoms with E-state index in [1.54, 1.807) is 6.20 Å². The van der Waals surface area contributed by atoms with Crippen LogP contribution in [0.3, 0.4) is 0 Å². The Morgan fingerprint density at radius 2 is 2.21 bits per heavy atom. The molecule has 7 heteroatoms. The smallest absolute Gasteiger partial charge is 0.307 e. The number of nitrogens with zero attached hydrogens (tertiary/aromatic N) is 3. The zero-order chi connectivity index (χ0) is 13.7. The summed E-state index contributed by atoms with van der Waals surface area (Å²) in [4.78, 5) is 25.0. The van der Waals surface area contributed by atoms with E-state index in [0.717, 1.165) is 18.8 Å². The highest BCUT2D eigenvalue weighted by atomic mass is 16.5. The van der Waals surface area contributed by atoms with Gasteiger partial charge in [0.15, 0.2) is 0 Å². The van der Waals surface area contributed by atoms with Gasteiger partial charge in [0.1, 0.15) is 0 Å². The quantitative estimate of drug-likeness (QED) is 0.694. The largest absolute Gasteiger partial charge is 0.469 e. The first-order valence-corrected chi connectivity index (χ1v) is 6.17. The Morgan fingerprint density at radius 3 is 2.84 bits per heavy atom. The molecule has 1 fully saturated rings. The lowest BCUT2D eigenvalue weighted by molar-refractivity contribution is -0.140. The third-order valence-corrected chi connectivity index (χ3v) is 2.99. The number of methoxy groups -OCH3 is 1. The molecular formula is C12H17N3O4. The highest BCUT2D eigenvalue weighted by Gasteiger charge is 2.13. The van der Waals surface area contributed by atoms with Gasteiger partial charge in [-0.2, -0.15) is 5.10 Å². The number of aryl methyl sites for hydroxylation is 1. The van der Waals surface area contributed by atoms with E-state index in [2.05, 4.69) is 14.7 Å². The Balaban J connectivity index is 2.04. The normalized spacial score (nSPS) is 15.3. The van der Waals surface area contributed by atoms with Gasteiger partial charge in [0.2, 0.25) is 0 Å². The number of morpholine rings is 1. The van der Waals surface area contributed by atoms with E-state index >= 15 is 0 Å². The van der Waals surface area contributed by atoms with E-state index in [0.29, 0.717) is 13.2 Å². The SMILES string of the molecule is COC(=O)CCn1ncc(N2CCOCC2)cc1=O. The van der Waals surface area contributed by atoms with E-state index in [1.165, 1.54) is 17.9 Å². The van der Waals surface area contributed by atoms with Crippen LogP contribution < -0.4 is 10.5 Å². The minimum atomic E-state index is -0.356. The Hall–Kier alpha value is -1.89. The molecule has 0 amide bonds. The number of aromatic nitrogens is 2. The topological polar surface area (TPSA) is 73.7 Å². The fraction of sp³-hybridized carbons (Fsp3) is 0.583. The van der Waals surface area contributed by atoms with E-state index in [4.69, 9.17) is 4.74 Å². The first kappa shape index (κ1) is 13.5. The zero-order valence-corrected chi connectivity index (χ0v) is 10.9. The van der Waals surface area contributed by atoms with Gasteiger partial charge in [-0.3, -0.25) is 9.59 Å². The Bertz CT molecular complexity index is 494. The molecule has 7 nitrogen and oxygen atoms in total.